The summed E-state index contributed by atoms with van der Waals surface area (Å²) in [5.41, 5.74) is 0.557. The maximum Gasteiger partial charge on any atom is 0.167 e. The van der Waals surface area contributed by atoms with Gasteiger partial charge in [-0.25, -0.2) is 4.98 Å². The van der Waals surface area contributed by atoms with Gasteiger partial charge in [-0.15, -0.1) is 0 Å². The monoisotopic (exact) mass is 170 g/mol. The van der Waals surface area contributed by atoms with Gasteiger partial charge >= 0.3 is 0 Å². The van der Waals surface area contributed by atoms with Crippen LogP contribution < -0.4 is 0 Å². The first-order valence-corrected chi connectivity index (χ1v) is 4.74. The Hall–Kier alpha value is -0.770. The minimum absolute atomic E-state index is 0.557. The summed E-state index contributed by atoms with van der Waals surface area (Å²) < 4.78 is 0. The molecule has 0 aliphatic carbocycles. The zero-order valence-corrected chi connectivity index (χ0v) is 7.15. The van der Waals surface area contributed by atoms with Gasteiger partial charge in [0.15, 0.2) is 6.29 Å². The van der Waals surface area contributed by atoms with Crippen molar-refractivity contribution in [3.05, 3.63) is 17.7 Å². The molecule has 0 saturated carbocycles. The highest BCUT2D eigenvalue weighted by Gasteiger charge is 1.97. The summed E-state index contributed by atoms with van der Waals surface area (Å²) in [6.07, 6.45) is 5.27. The average Bonchev–Trinajstić information content (AvgIpc) is 2.48. The molecule has 0 aromatic carbocycles. The third kappa shape index (κ3) is 2.38. The summed E-state index contributed by atoms with van der Waals surface area (Å²) in [6.45, 7) is 0. The summed E-state index contributed by atoms with van der Waals surface area (Å²) in [6, 6.07) is 0. The highest BCUT2D eigenvalue weighted by molar-refractivity contribution is 7.98. The standard InChI is InChI=1S/C7H10N2OS/c1-11-3-2-7-8-4-6(5-10)9-7/h4-5H,2-3H2,1H3,(H,8,9). The number of nitrogens with one attached hydrogen (secondary N) is 1. The average molecular weight is 170 g/mol. The van der Waals surface area contributed by atoms with E-state index in [-0.39, 0.29) is 0 Å². The molecular formula is C7H10N2OS. The summed E-state index contributed by atoms with van der Waals surface area (Å²) in [5.74, 6) is 1.92. The molecule has 1 aromatic heterocycles. The zero-order valence-electron chi connectivity index (χ0n) is 6.33. The SMILES string of the molecule is CSCCc1ncc(C=O)[nH]1. The second kappa shape index (κ2) is 4.18. The Kier molecular flexibility index (Phi) is 3.16. The number of thioether (sulfide) groups is 1. The predicted molar refractivity (Wildman–Crippen MR) is 46.1 cm³/mol. The second-order valence-corrected chi connectivity index (χ2v) is 3.13. The lowest BCUT2D eigenvalue weighted by molar-refractivity contribution is 0.111. The summed E-state index contributed by atoms with van der Waals surface area (Å²) in [5, 5.41) is 0. The molecule has 0 unspecified atom stereocenters. The maximum absolute atomic E-state index is 10.2. The molecule has 0 aliphatic rings. The maximum atomic E-state index is 10.2. The molecule has 1 N–H and O–H groups in total. The molecule has 11 heavy (non-hydrogen) atoms. The van der Waals surface area contributed by atoms with Crippen LogP contribution in [-0.4, -0.2) is 28.3 Å². The Morgan fingerprint density at radius 1 is 1.82 bits per heavy atom. The number of aldehydes is 1. The van der Waals surface area contributed by atoms with Crippen LogP contribution in [0.5, 0.6) is 0 Å². The lowest BCUT2D eigenvalue weighted by atomic mass is 10.5. The van der Waals surface area contributed by atoms with Gasteiger partial charge in [0.1, 0.15) is 5.82 Å². The van der Waals surface area contributed by atoms with Crippen LogP contribution in [0.15, 0.2) is 6.20 Å². The number of aryl methyl sites for hydroxylation is 1. The van der Waals surface area contributed by atoms with Gasteiger partial charge in [-0.05, 0) is 6.26 Å². The predicted octanol–water partition coefficient (Wildman–Crippen LogP) is 1.13. The molecule has 60 valence electrons. The van der Waals surface area contributed by atoms with Crippen LogP contribution in [0.1, 0.15) is 16.3 Å². The van der Waals surface area contributed by atoms with E-state index in [1.807, 2.05) is 6.26 Å². The Labute approximate surface area is 69.6 Å². The first kappa shape index (κ1) is 8.33. The number of carbonyl (C=O) groups excluding carboxylic acids is 1. The van der Waals surface area contributed by atoms with Crippen LogP contribution >= 0.6 is 11.8 Å². The van der Waals surface area contributed by atoms with Crippen molar-refractivity contribution in [2.24, 2.45) is 0 Å². The molecule has 0 aliphatic heterocycles. The molecule has 0 spiro atoms. The van der Waals surface area contributed by atoms with E-state index in [1.165, 1.54) is 0 Å². The van der Waals surface area contributed by atoms with Gasteiger partial charge < -0.3 is 4.98 Å². The molecule has 1 heterocycles. The Bertz CT molecular complexity index is 234. The van der Waals surface area contributed by atoms with Crippen molar-refractivity contribution in [2.75, 3.05) is 12.0 Å². The second-order valence-electron chi connectivity index (χ2n) is 2.15. The van der Waals surface area contributed by atoms with E-state index >= 15 is 0 Å². The van der Waals surface area contributed by atoms with Crippen molar-refractivity contribution in [1.29, 1.82) is 0 Å². The van der Waals surface area contributed by atoms with Crippen LogP contribution in [0.4, 0.5) is 0 Å². The molecule has 0 amide bonds. The van der Waals surface area contributed by atoms with E-state index in [4.69, 9.17) is 0 Å². The van der Waals surface area contributed by atoms with E-state index in [0.29, 0.717) is 5.69 Å². The molecule has 1 rings (SSSR count). The first-order valence-electron chi connectivity index (χ1n) is 3.35. The van der Waals surface area contributed by atoms with Gasteiger partial charge in [0.25, 0.3) is 0 Å². The van der Waals surface area contributed by atoms with E-state index in [2.05, 4.69) is 9.97 Å². The normalized spacial score (nSPS) is 9.91. The van der Waals surface area contributed by atoms with Gasteiger partial charge in [-0.2, -0.15) is 11.8 Å². The molecule has 0 atom stereocenters. The highest BCUT2D eigenvalue weighted by atomic mass is 32.2. The van der Waals surface area contributed by atoms with Crippen LogP contribution in [0.25, 0.3) is 0 Å². The number of carbonyl (C=O) groups is 1. The minimum Gasteiger partial charge on any atom is -0.340 e. The molecule has 3 nitrogen and oxygen atoms in total. The van der Waals surface area contributed by atoms with Crippen molar-refractivity contribution in [2.45, 2.75) is 6.42 Å². The van der Waals surface area contributed by atoms with Gasteiger partial charge in [0.2, 0.25) is 0 Å². The summed E-state index contributed by atoms with van der Waals surface area (Å²) >= 11 is 1.76. The number of hydrogen-bond acceptors (Lipinski definition) is 3. The molecule has 0 bridgehead atoms. The van der Waals surface area contributed by atoms with Gasteiger partial charge in [0, 0.05) is 12.2 Å². The molecule has 4 heteroatoms. The molecule has 0 fully saturated rings. The van der Waals surface area contributed by atoms with E-state index < -0.39 is 0 Å². The number of rotatable bonds is 4. The lowest BCUT2D eigenvalue weighted by Crippen LogP contribution is -1.90. The van der Waals surface area contributed by atoms with Crippen molar-refractivity contribution in [1.82, 2.24) is 9.97 Å². The van der Waals surface area contributed by atoms with Crippen LogP contribution in [0.3, 0.4) is 0 Å². The molecule has 1 aromatic rings. The lowest BCUT2D eigenvalue weighted by Gasteiger charge is -1.91. The summed E-state index contributed by atoms with van der Waals surface area (Å²) in [7, 11) is 0. The topological polar surface area (TPSA) is 45.8 Å². The van der Waals surface area contributed by atoms with Gasteiger partial charge in [-0.1, -0.05) is 0 Å². The molecule has 0 radical (unpaired) electrons. The zero-order chi connectivity index (χ0) is 8.10. The number of aromatic nitrogens is 2. The fraction of sp³-hybridized carbons (Fsp3) is 0.429. The quantitative estimate of drug-likeness (QED) is 0.689. The minimum atomic E-state index is 0.557. The Balaban J connectivity index is 2.51. The van der Waals surface area contributed by atoms with Gasteiger partial charge in [-0.3, -0.25) is 4.79 Å². The van der Waals surface area contributed by atoms with E-state index in [0.717, 1.165) is 24.3 Å². The molecule has 0 saturated heterocycles. The highest BCUT2D eigenvalue weighted by Crippen LogP contribution is 1.99. The number of hydrogen-bond donors (Lipinski definition) is 1. The van der Waals surface area contributed by atoms with Crippen molar-refractivity contribution < 1.29 is 4.79 Å². The number of nitrogens with zero attached hydrogens (tertiary/aromatic N) is 1. The van der Waals surface area contributed by atoms with Crippen molar-refractivity contribution >= 4 is 18.0 Å². The van der Waals surface area contributed by atoms with Crippen molar-refractivity contribution in [3.63, 3.8) is 0 Å². The van der Waals surface area contributed by atoms with Crippen LogP contribution in [0.2, 0.25) is 0 Å². The third-order valence-electron chi connectivity index (χ3n) is 1.32. The number of aromatic amines is 1. The van der Waals surface area contributed by atoms with Gasteiger partial charge in [0.05, 0.1) is 11.9 Å². The smallest absolute Gasteiger partial charge is 0.167 e. The van der Waals surface area contributed by atoms with Crippen molar-refractivity contribution in [3.8, 4) is 0 Å². The first-order chi connectivity index (χ1) is 5.36. The fourth-order valence-corrected chi connectivity index (χ4v) is 1.16. The Morgan fingerprint density at radius 3 is 3.18 bits per heavy atom. The molecular weight excluding hydrogens is 160 g/mol. The van der Waals surface area contributed by atoms with E-state index in [9.17, 15) is 4.79 Å². The Morgan fingerprint density at radius 2 is 2.64 bits per heavy atom. The van der Waals surface area contributed by atoms with Crippen LogP contribution in [-0.2, 0) is 6.42 Å². The third-order valence-corrected chi connectivity index (χ3v) is 1.93. The fourth-order valence-electron chi connectivity index (χ4n) is 0.764. The van der Waals surface area contributed by atoms with Crippen LogP contribution in [0, 0.1) is 0 Å². The summed E-state index contributed by atoms with van der Waals surface area (Å²) in [4.78, 5) is 17.1. The number of H-pyrrole nitrogens is 1. The number of imidazole rings is 1. The largest absolute Gasteiger partial charge is 0.340 e. The van der Waals surface area contributed by atoms with E-state index in [1.54, 1.807) is 18.0 Å².